The molecule has 3 rings (SSSR count). The second kappa shape index (κ2) is 2.96. The highest BCUT2D eigenvalue weighted by Crippen LogP contribution is 2.38. The van der Waals surface area contributed by atoms with Crippen LogP contribution in [0, 0.1) is 13.8 Å². The molecular formula is C15H14. The van der Waals surface area contributed by atoms with E-state index in [0.29, 0.717) is 0 Å². The summed E-state index contributed by atoms with van der Waals surface area (Å²) in [5.74, 6) is 0. The second-order valence-corrected chi connectivity index (χ2v) is 4.45. The summed E-state index contributed by atoms with van der Waals surface area (Å²) in [6.07, 6.45) is 1.10. The van der Waals surface area contributed by atoms with Crippen molar-refractivity contribution in [2.75, 3.05) is 0 Å². The summed E-state index contributed by atoms with van der Waals surface area (Å²) in [6, 6.07) is 13.4. The van der Waals surface area contributed by atoms with Crippen LogP contribution in [-0.4, -0.2) is 0 Å². The van der Waals surface area contributed by atoms with E-state index in [2.05, 4.69) is 50.2 Å². The van der Waals surface area contributed by atoms with Crippen molar-refractivity contribution in [3.05, 3.63) is 58.7 Å². The van der Waals surface area contributed by atoms with E-state index in [0.717, 1.165) is 6.42 Å². The van der Waals surface area contributed by atoms with Gasteiger partial charge in [-0.3, -0.25) is 0 Å². The van der Waals surface area contributed by atoms with Crippen LogP contribution in [0.5, 0.6) is 0 Å². The molecule has 1 aliphatic rings. The number of hydrogen-bond acceptors (Lipinski definition) is 0. The molecule has 0 aliphatic heterocycles. The highest BCUT2D eigenvalue weighted by molar-refractivity contribution is 5.79. The van der Waals surface area contributed by atoms with Crippen LogP contribution < -0.4 is 0 Å². The molecule has 0 fully saturated rings. The van der Waals surface area contributed by atoms with Crippen molar-refractivity contribution in [2.45, 2.75) is 20.3 Å². The molecule has 0 nitrogen and oxygen atoms in total. The Morgan fingerprint density at radius 1 is 0.933 bits per heavy atom. The predicted octanol–water partition coefficient (Wildman–Crippen LogP) is 3.87. The molecular weight excluding hydrogens is 180 g/mol. The second-order valence-electron chi connectivity index (χ2n) is 4.45. The summed E-state index contributed by atoms with van der Waals surface area (Å²) < 4.78 is 0. The van der Waals surface area contributed by atoms with E-state index in [-0.39, 0.29) is 0 Å². The zero-order valence-electron chi connectivity index (χ0n) is 9.17. The van der Waals surface area contributed by atoms with Crippen molar-refractivity contribution in [1.29, 1.82) is 0 Å². The summed E-state index contributed by atoms with van der Waals surface area (Å²) in [4.78, 5) is 0. The number of fused-ring (bicyclic) bond motifs is 3. The van der Waals surface area contributed by atoms with Gasteiger partial charge in [-0.05, 0) is 48.1 Å². The molecule has 2 aromatic rings. The van der Waals surface area contributed by atoms with Crippen LogP contribution in [0.25, 0.3) is 11.1 Å². The van der Waals surface area contributed by atoms with Gasteiger partial charge in [-0.1, -0.05) is 42.0 Å². The lowest BCUT2D eigenvalue weighted by Gasteiger charge is -2.05. The fraction of sp³-hybridized carbons (Fsp3) is 0.200. The van der Waals surface area contributed by atoms with Gasteiger partial charge >= 0.3 is 0 Å². The Kier molecular flexibility index (Phi) is 1.72. The first kappa shape index (κ1) is 8.72. The molecule has 0 N–H and O–H groups in total. The van der Waals surface area contributed by atoms with Crippen molar-refractivity contribution in [1.82, 2.24) is 0 Å². The first-order valence-electron chi connectivity index (χ1n) is 5.44. The van der Waals surface area contributed by atoms with Gasteiger partial charge in [-0.2, -0.15) is 0 Å². The first-order valence-corrected chi connectivity index (χ1v) is 5.44. The summed E-state index contributed by atoms with van der Waals surface area (Å²) in [5.41, 5.74) is 8.63. The Balaban J connectivity index is 2.33. The van der Waals surface area contributed by atoms with E-state index >= 15 is 0 Å². The third-order valence-electron chi connectivity index (χ3n) is 3.27. The predicted molar refractivity (Wildman–Crippen MR) is 64.2 cm³/mol. The van der Waals surface area contributed by atoms with Crippen molar-refractivity contribution in [3.63, 3.8) is 0 Å². The first-order chi connectivity index (χ1) is 7.25. The van der Waals surface area contributed by atoms with Crippen molar-refractivity contribution >= 4 is 0 Å². The molecule has 1 aliphatic carbocycles. The van der Waals surface area contributed by atoms with Crippen molar-refractivity contribution in [3.8, 4) is 11.1 Å². The molecule has 0 unspecified atom stereocenters. The maximum absolute atomic E-state index is 2.31. The topological polar surface area (TPSA) is 0 Å². The maximum Gasteiger partial charge on any atom is -0.00133 e. The molecule has 0 aromatic heterocycles. The number of rotatable bonds is 0. The minimum atomic E-state index is 1.10. The highest BCUT2D eigenvalue weighted by Gasteiger charge is 2.19. The normalized spacial score (nSPS) is 12.4. The van der Waals surface area contributed by atoms with Crippen LogP contribution in [0.2, 0.25) is 0 Å². The smallest absolute Gasteiger partial charge is 0.00133 e. The molecule has 0 bridgehead atoms. The van der Waals surface area contributed by atoms with Crippen LogP contribution in [-0.2, 0) is 6.42 Å². The zero-order valence-corrected chi connectivity index (χ0v) is 9.17. The van der Waals surface area contributed by atoms with Gasteiger partial charge in [0.1, 0.15) is 0 Å². The Labute approximate surface area is 90.6 Å². The summed E-state index contributed by atoms with van der Waals surface area (Å²) in [6.45, 7) is 4.37. The van der Waals surface area contributed by atoms with E-state index in [1.165, 1.54) is 33.4 Å². The quantitative estimate of drug-likeness (QED) is 0.509. The lowest BCUT2D eigenvalue weighted by Crippen LogP contribution is -1.83. The van der Waals surface area contributed by atoms with E-state index in [9.17, 15) is 0 Å². The molecule has 0 atom stereocenters. The summed E-state index contributed by atoms with van der Waals surface area (Å²) in [5, 5.41) is 0. The van der Waals surface area contributed by atoms with Crippen LogP contribution >= 0.6 is 0 Å². The van der Waals surface area contributed by atoms with Gasteiger partial charge in [-0.25, -0.2) is 0 Å². The lowest BCUT2D eigenvalue weighted by molar-refractivity contribution is 1.25. The SMILES string of the molecule is Cc1ccc2c(c1)-c1c(C)cccc1C2. The largest absolute Gasteiger partial charge is 0.0617 e. The molecule has 15 heavy (non-hydrogen) atoms. The molecule has 0 heteroatoms. The van der Waals surface area contributed by atoms with Crippen LogP contribution in [0.15, 0.2) is 36.4 Å². The van der Waals surface area contributed by atoms with Crippen LogP contribution in [0.1, 0.15) is 22.3 Å². The zero-order chi connectivity index (χ0) is 10.4. The van der Waals surface area contributed by atoms with Crippen LogP contribution in [0.3, 0.4) is 0 Å². The molecule has 2 aromatic carbocycles. The van der Waals surface area contributed by atoms with E-state index in [4.69, 9.17) is 0 Å². The Bertz CT molecular complexity index is 536. The number of hydrogen-bond donors (Lipinski definition) is 0. The van der Waals surface area contributed by atoms with E-state index in [1.807, 2.05) is 0 Å². The third-order valence-corrected chi connectivity index (χ3v) is 3.27. The standard InChI is InChI=1S/C15H14/c1-10-6-7-12-9-13-5-3-4-11(2)15(13)14(12)8-10/h3-8H,9H2,1-2H3. The monoisotopic (exact) mass is 194 g/mol. The van der Waals surface area contributed by atoms with Gasteiger partial charge in [0.25, 0.3) is 0 Å². The van der Waals surface area contributed by atoms with E-state index < -0.39 is 0 Å². The van der Waals surface area contributed by atoms with Crippen molar-refractivity contribution in [2.24, 2.45) is 0 Å². The van der Waals surface area contributed by atoms with Gasteiger partial charge in [0.2, 0.25) is 0 Å². The summed E-state index contributed by atoms with van der Waals surface area (Å²) >= 11 is 0. The van der Waals surface area contributed by atoms with Crippen molar-refractivity contribution < 1.29 is 0 Å². The molecule has 0 amide bonds. The minimum Gasteiger partial charge on any atom is -0.0617 e. The van der Waals surface area contributed by atoms with Gasteiger partial charge in [0.15, 0.2) is 0 Å². The van der Waals surface area contributed by atoms with Gasteiger partial charge in [-0.15, -0.1) is 0 Å². The maximum atomic E-state index is 2.31. The minimum absolute atomic E-state index is 1.10. The molecule has 0 saturated heterocycles. The summed E-state index contributed by atoms with van der Waals surface area (Å²) in [7, 11) is 0. The van der Waals surface area contributed by atoms with Gasteiger partial charge in [0.05, 0.1) is 0 Å². The Morgan fingerprint density at radius 3 is 2.67 bits per heavy atom. The average molecular weight is 194 g/mol. The molecule has 0 heterocycles. The Morgan fingerprint density at radius 2 is 1.80 bits per heavy atom. The van der Waals surface area contributed by atoms with E-state index in [1.54, 1.807) is 0 Å². The highest BCUT2D eigenvalue weighted by atomic mass is 14.2. The van der Waals surface area contributed by atoms with Crippen LogP contribution in [0.4, 0.5) is 0 Å². The van der Waals surface area contributed by atoms with Gasteiger partial charge < -0.3 is 0 Å². The Hall–Kier alpha value is -1.56. The third kappa shape index (κ3) is 1.21. The fourth-order valence-electron chi connectivity index (χ4n) is 2.54. The molecule has 0 spiro atoms. The molecule has 0 radical (unpaired) electrons. The molecule has 0 saturated carbocycles. The number of benzene rings is 2. The lowest BCUT2D eigenvalue weighted by atomic mass is 9.99. The number of aryl methyl sites for hydroxylation is 2. The molecule has 74 valence electrons. The fourth-order valence-corrected chi connectivity index (χ4v) is 2.54. The average Bonchev–Trinajstić information content (AvgIpc) is 2.57. The van der Waals surface area contributed by atoms with Gasteiger partial charge in [0, 0.05) is 0 Å².